The Hall–Kier alpha value is -2.17. The molecule has 0 saturated carbocycles. The van der Waals surface area contributed by atoms with Crippen LogP contribution in [0.1, 0.15) is 47.4 Å². The smallest absolute Gasteiger partial charge is 0.0970 e. The summed E-state index contributed by atoms with van der Waals surface area (Å²) in [5.74, 6) is 0. The zero-order chi connectivity index (χ0) is 17.8. The van der Waals surface area contributed by atoms with Gasteiger partial charge in [0, 0.05) is 47.5 Å². The SMILES string of the molecule is Cc1ccc2c(c1)c1c(n2CC(O)c2ccncc2)C[C@@H]2CC[C@H]1N2C. The van der Waals surface area contributed by atoms with E-state index in [9.17, 15) is 5.11 Å². The molecule has 3 aromatic rings. The molecule has 0 radical (unpaired) electrons. The van der Waals surface area contributed by atoms with Crippen molar-refractivity contribution in [2.45, 2.75) is 50.9 Å². The van der Waals surface area contributed by atoms with Crippen LogP contribution in [0.3, 0.4) is 0 Å². The Labute approximate surface area is 154 Å². The van der Waals surface area contributed by atoms with Crippen molar-refractivity contribution in [3.05, 3.63) is 65.1 Å². The first kappa shape index (κ1) is 16.0. The van der Waals surface area contributed by atoms with E-state index in [1.54, 1.807) is 12.4 Å². The summed E-state index contributed by atoms with van der Waals surface area (Å²) in [4.78, 5) is 6.63. The zero-order valence-corrected chi connectivity index (χ0v) is 15.4. The van der Waals surface area contributed by atoms with Gasteiger partial charge >= 0.3 is 0 Å². The Bertz CT molecular complexity index is 962. The molecule has 2 bridgehead atoms. The van der Waals surface area contributed by atoms with Gasteiger partial charge in [0.1, 0.15) is 0 Å². The molecular formula is C22H25N3O. The molecule has 0 amide bonds. The van der Waals surface area contributed by atoms with Gasteiger partial charge < -0.3 is 9.67 Å². The molecule has 4 heteroatoms. The van der Waals surface area contributed by atoms with Crippen LogP contribution >= 0.6 is 0 Å². The first-order chi connectivity index (χ1) is 12.6. The third kappa shape index (κ3) is 2.32. The minimum absolute atomic E-state index is 0.517. The van der Waals surface area contributed by atoms with Crippen LogP contribution in [-0.2, 0) is 13.0 Å². The third-order valence-corrected chi connectivity index (χ3v) is 6.42. The molecule has 0 spiro atoms. The van der Waals surface area contributed by atoms with E-state index in [-0.39, 0.29) is 0 Å². The number of aromatic nitrogens is 2. The van der Waals surface area contributed by atoms with Gasteiger partial charge in [0.05, 0.1) is 12.6 Å². The minimum Gasteiger partial charge on any atom is -0.387 e. The second-order valence-electron chi connectivity index (χ2n) is 7.90. The van der Waals surface area contributed by atoms with Gasteiger partial charge in [0.2, 0.25) is 0 Å². The topological polar surface area (TPSA) is 41.3 Å². The summed E-state index contributed by atoms with van der Waals surface area (Å²) in [6, 6.07) is 11.7. The average molecular weight is 347 g/mol. The molecule has 2 aromatic heterocycles. The number of rotatable bonds is 3. The number of aliphatic hydroxyl groups excluding tert-OH is 1. The average Bonchev–Trinajstić information content (AvgIpc) is 3.06. The highest BCUT2D eigenvalue weighted by molar-refractivity contribution is 5.87. The van der Waals surface area contributed by atoms with Crippen molar-refractivity contribution < 1.29 is 5.11 Å². The second kappa shape index (κ2) is 5.93. The molecule has 26 heavy (non-hydrogen) atoms. The Morgan fingerprint density at radius 2 is 2.00 bits per heavy atom. The zero-order valence-electron chi connectivity index (χ0n) is 15.4. The van der Waals surface area contributed by atoms with Crippen molar-refractivity contribution in [3.8, 4) is 0 Å². The van der Waals surface area contributed by atoms with E-state index in [1.165, 1.54) is 40.6 Å². The highest BCUT2D eigenvalue weighted by atomic mass is 16.3. The van der Waals surface area contributed by atoms with E-state index in [4.69, 9.17) is 0 Å². The van der Waals surface area contributed by atoms with E-state index in [2.05, 4.69) is 46.6 Å². The van der Waals surface area contributed by atoms with E-state index < -0.39 is 6.10 Å². The van der Waals surface area contributed by atoms with E-state index >= 15 is 0 Å². The highest BCUT2D eigenvalue weighted by Gasteiger charge is 2.40. The van der Waals surface area contributed by atoms with Gasteiger partial charge in [-0.05, 0) is 62.2 Å². The van der Waals surface area contributed by atoms with Crippen LogP contribution in [0.25, 0.3) is 10.9 Å². The number of fused-ring (bicyclic) bond motifs is 6. The van der Waals surface area contributed by atoms with Gasteiger partial charge in [0.25, 0.3) is 0 Å². The fourth-order valence-corrected chi connectivity index (χ4v) is 5.04. The monoisotopic (exact) mass is 347 g/mol. The molecular weight excluding hydrogens is 322 g/mol. The van der Waals surface area contributed by atoms with Crippen LogP contribution in [0.4, 0.5) is 0 Å². The van der Waals surface area contributed by atoms with Gasteiger partial charge in [-0.1, -0.05) is 11.6 Å². The lowest BCUT2D eigenvalue weighted by atomic mass is 9.97. The standard InChI is InChI=1S/C22H25N3O/c1-14-3-5-18-17(11-14)22-19-6-4-16(24(19)2)12-20(22)25(18)13-21(26)15-7-9-23-10-8-15/h3,5,7-11,16,19,21,26H,4,6,12-13H2,1-2H3/t16-,19+,21?/m0/s1. The minimum atomic E-state index is -0.517. The summed E-state index contributed by atoms with van der Waals surface area (Å²) < 4.78 is 2.38. The van der Waals surface area contributed by atoms with Crippen molar-refractivity contribution in [2.24, 2.45) is 0 Å². The maximum Gasteiger partial charge on any atom is 0.0970 e. The number of aryl methyl sites for hydroxylation is 1. The largest absolute Gasteiger partial charge is 0.387 e. The molecule has 1 saturated heterocycles. The molecule has 4 nitrogen and oxygen atoms in total. The fraction of sp³-hybridized carbons (Fsp3) is 0.409. The molecule has 4 heterocycles. The number of hydrogen-bond donors (Lipinski definition) is 1. The Morgan fingerprint density at radius 1 is 1.19 bits per heavy atom. The first-order valence-electron chi connectivity index (χ1n) is 9.55. The van der Waals surface area contributed by atoms with Gasteiger partial charge in [-0.2, -0.15) is 0 Å². The van der Waals surface area contributed by atoms with E-state index in [1.807, 2.05) is 12.1 Å². The lowest BCUT2D eigenvalue weighted by Gasteiger charge is -2.32. The van der Waals surface area contributed by atoms with Crippen LogP contribution in [0.15, 0.2) is 42.7 Å². The summed E-state index contributed by atoms with van der Waals surface area (Å²) in [5.41, 5.74) is 6.43. The van der Waals surface area contributed by atoms with Crippen LogP contribution < -0.4 is 0 Å². The molecule has 3 atom stereocenters. The molecule has 5 rings (SSSR count). The van der Waals surface area contributed by atoms with Crippen LogP contribution in [0.2, 0.25) is 0 Å². The highest BCUT2D eigenvalue weighted by Crippen LogP contribution is 2.47. The number of likely N-dealkylation sites (N-methyl/N-ethyl adjacent to an activating group) is 1. The van der Waals surface area contributed by atoms with Crippen LogP contribution in [0.5, 0.6) is 0 Å². The number of benzene rings is 1. The number of hydrogen-bond acceptors (Lipinski definition) is 3. The first-order valence-corrected chi connectivity index (χ1v) is 9.55. The Balaban J connectivity index is 1.65. The summed E-state index contributed by atoms with van der Waals surface area (Å²) in [6.07, 6.45) is 6.58. The summed E-state index contributed by atoms with van der Waals surface area (Å²) in [7, 11) is 2.27. The van der Waals surface area contributed by atoms with Gasteiger partial charge in [-0.15, -0.1) is 0 Å². The Kier molecular flexibility index (Phi) is 3.66. The lowest BCUT2D eigenvalue weighted by Crippen LogP contribution is -2.34. The van der Waals surface area contributed by atoms with Gasteiger partial charge in [-0.25, -0.2) is 0 Å². The quantitative estimate of drug-likeness (QED) is 0.784. The molecule has 1 N–H and O–H groups in total. The van der Waals surface area contributed by atoms with Crippen molar-refractivity contribution in [1.29, 1.82) is 0 Å². The van der Waals surface area contributed by atoms with Crippen LogP contribution in [-0.4, -0.2) is 32.6 Å². The lowest BCUT2D eigenvalue weighted by molar-refractivity contribution is 0.154. The third-order valence-electron chi connectivity index (χ3n) is 6.42. The number of nitrogens with zero attached hydrogens (tertiary/aromatic N) is 3. The van der Waals surface area contributed by atoms with Crippen LogP contribution in [0, 0.1) is 6.92 Å². The predicted octanol–water partition coefficient (Wildman–Crippen LogP) is 3.77. The molecule has 2 aliphatic rings. The molecule has 0 aliphatic carbocycles. The van der Waals surface area contributed by atoms with E-state index in [0.29, 0.717) is 18.6 Å². The second-order valence-corrected chi connectivity index (χ2v) is 7.90. The Morgan fingerprint density at radius 3 is 2.81 bits per heavy atom. The molecule has 2 aliphatic heterocycles. The summed E-state index contributed by atoms with van der Waals surface area (Å²) in [6.45, 7) is 2.76. The molecule has 134 valence electrons. The molecule has 1 unspecified atom stereocenters. The number of pyridine rings is 1. The molecule has 1 aromatic carbocycles. The molecule has 1 fully saturated rings. The maximum atomic E-state index is 10.8. The van der Waals surface area contributed by atoms with Crippen molar-refractivity contribution >= 4 is 10.9 Å². The summed E-state index contributed by atoms with van der Waals surface area (Å²) >= 11 is 0. The summed E-state index contributed by atoms with van der Waals surface area (Å²) in [5, 5.41) is 12.2. The van der Waals surface area contributed by atoms with Crippen molar-refractivity contribution in [2.75, 3.05) is 7.05 Å². The maximum absolute atomic E-state index is 10.8. The normalized spacial score (nSPS) is 23.3. The van der Waals surface area contributed by atoms with Crippen molar-refractivity contribution in [1.82, 2.24) is 14.5 Å². The number of aliphatic hydroxyl groups is 1. The van der Waals surface area contributed by atoms with Gasteiger partial charge in [-0.3, -0.25) is 9.88 Å². The fourth-order valence-electron chi connectivity index (χ4n) is 5.04. The predicted molar refractivity (Wildman–Crippen MR) is 103 cm³/mol. The van der Waals surface area contributed by atoms with Gasteiger partial charge in [0.15, 0.2) is 0 Å². The van der Waals surface area contributed by atoms with E-state index in [0.717, 1.165) is 12.0 Å². The van der Waals surface area contributed by atoms with Crippen molar-refractivity contribution in [3.63, 3.8) is 0 Å².